The molecule has 4 heteroatoms. The predicted octanol–water partition coefficient (Wildman–Crippen LogP) is 0.674. The predicted molar refractivity (Wildman–Crippen MR) is 57.1 cm³/mol. The van der Waals surface area contributed by atoms with Gasteiger partial charge in [-0.1, -0.05) is 13.8 Å². The molecule has 0 amide bonds. The molecule has 88 valence electrons. The number of carbonyl (C=O) groups is 1. The lowest BCUT2D eigenvalue weighted by Crippen LogP contribution is -2.39. The Hall–Kier alpha value is -0.610. The molecule has 0 aromatic carbocycles. The van der Waals surface area contributed by atoms with Crippen molar-refractivity contribution in [2.24, 2.45) is 17.6 Å². The SMILES string of the molecule is CC1CCC(OC(=O)C(N)CO)CC1C. The van der Waals surface area contributed by atoms with Crippen molar-refractivity contribution in [3.8, 4) is 0 Å². The number of nitrogens with two attached hydrogens (primary N) is 1. The Morgan fingerprint density at radius 3 is 2.67 bits per heavy atom. The van der Waals surface area contributed by atoms with E-state index in [4.69, 9.17) is 15.6 Å². The van der Waals surface area contributed by atoms with E-state index in [2.05, 4.69) is 13.8 Å². The van der Waals surface area contributed by atoms with Gasteiger partial charge in [0.2, 0.25) is 0 Å². The van der Waals surface area contributed by atoms with Crippen LogP contribution in [0.3, 0.4) is 0 Å². The minimum absolute atomic E-state index is 0.0127. The highest BCUT2D eigenvalue weighted by molar-refractivity contribution is 5.75. The van der Waals surface area contributed by atoms with Crippen molar-refractivity contribution in [1.82, 2.24) is 0 Å². The summed E-state index contributed by atoms with van der Waals surface area (Å²) < 4.78 is 5.24. The second-order valence-electron chi connectivity index (χ2n) is 4.62. The Kier molecular flexibility index (Phi) is 4.54. The van der Waals surface area contributed by atoms with Crippen LogP contribution in [0.4, 0.5) is 0 Å². The van der Waals surface area contributed by atoms with Gasteiger partial charge in [0.1, 0.15) is 12.1 Å². The highest BCUT2D eigenvalue weighted by Gasteiger charge is 2.28. The number of esters is 1. The molecular weight excluding hydrogens is 194 g/mol. The topological polar surface area (TPSA) is 72.5 Å². The van der Waals surface area contributed by atoms with E-state index in [-0.39, 0.29) is 12.7 Å². The molecule has 0 radical (unpaired) electrons. The van der Waals surface area contributed by atoms with Crippen molar-refractivity contribution in [2.45, 2.75) is 45.3 Å². The van der Waals surface area contributed by atoms with E-state index in [1.165, 1.54) is 0 Å². The van der Waals surface area contributed by atoms with Crippen molar-refractivity contribution in [3.63, 3.8) is 0 Å². The van der Waals surface area contributed by atoms with Crippen molar-refractivity contribution < 1.29 is 14.6 Å². The molecule has 4 atom stereocenters. The fourth-order valence-corrected chi connectivity index (χ4v) is 1.93. The maximum atomic E-state index is 11.3. The van der Waals surface area contributed by atoms with Gasteiger partial charge in [0, 0.05) is 0 Å². The van der Waals surface area contributed by atoms with Crippen LogP contribution in [0.1, 0.15) is 33.1 Å². The first kappa shape index (κ1) is 12.5. The number of carbonyl (C=O) groups excluding carboxylic acids is 1. The normalized spacial score (nSPS) is 33.5. The molecular formula is C11H21NO3. The molecule has 4 nitrogen and oxygen atoms in total. The minimum atomic E-state index is -0.889. The lowest BCUT2D eigenvalue weighted by atomic mass is 9.80. The maximum absolute atomic E-state index is 11.3. The summed E-state index contributed by atoms with van der Waals surface area (Å²) in [4.78, 5) is 11.3. The summed E-state index contributed by atoms with van der Waals surface area (Å²) in [6, 6.07) is -0.889. The first-order chi connectivity index (χ1) is 7.04. The fourth-order valence-electron chi connectivity index (χ4n) is 1.93. The third-order valence-corrected chi connectivity index (χ3v) is 3.33. The zero-order chi connectivity index (χ0) is 11.4. The Labute approximate surface area is 90.8 Å². The zero-order valence-electron chi connectivity index (χ0n) is 9.48. The fraction of sp³-hybridized carbons (Fsp3) is 0.909. The standard InChI is InChI=1S/C11H21NO3/c1-7-3-4-9(5-8(7)2)15-11(14)10(12)6-13/h7-10,13H,3-6,12H2,1-2H3. The van der Waals surface area contributed by atoms with Crippen LogP contribution in [-0.2, 0) is 9.53 Å². The van der Waals surface area contributed by atoms with Gasteiger partial charge >= 0.3 is 5.97 Å². The van der Waals surface area contributed by atoms with E-state index in [0.29, 0.717) is 11.8 Å². The summed E-state index contributed by atoms with van der Waals surface area (Å²) >= 11 is 0. The Morgan fingerprint density at radius 2 is 2.13 bits per heavy atom. The molecule has 15 heavy (non-hydrogen) atoms. The van der Waals surface area contributed by atoms with Crippen molar-refractivity contribution in [1.29, 1.82) is 0 Å². The summed E-state index contributed by atoms with van der Waals surface area (Å²) in [5.41, 5.74) is 5.37. The van der Waals surface area contributed by atoms with E-state index < -0.39 is 12.0 Å². The first-order valence-corrected chi connectivity index (χ1v) is 5.61. The average molecular weight is 215 g/mol. The highest BCUT2D eigenvalue weighted by Crippen LogP contribution is 2.30. The largest absolute Gasteiger partial charge is 0.461 e. The van der Waals surface area contributed by atoms with Crippen LogP contribution in [-0.4, -0.2) is 29.8 Å². The van der Waals surface area contributed by atoms with Crippen molar-refractivity contribution >= 4 is 5.97 Å². The molecule has 0 bridgehead atoms. The van der Waals surface area contributed by atoms with Gasteiger partial charge in [-0.25, -0.2) is 0 Å². The van der Waals surface area contributed by atoms with Crippen LogP contribution in [0.5, 0.6) is 0 Å². The molecule has 1 rings (SSSR count). The van der Waals surface area contributed by atoms with Gasteiger partial charge in [-0.2, -0.15) is 0 Å². The Bertz CT molecular complexity index is 220. The summed E-state index contributed by atoms with van der Waals surface area (Å²) in [7, 11) is 0. The monoisotopic (exact) mass is 215 g/mol. The number of hydrogen-bond acceptors (Lipinski definition) is 4. The summed E-state index contributed by atoms with van der Waals surface area (Å²) in [5.74, 6) is 0.803. The molecule has 1 fully saturated rings. The molecule has 0 aromatic heterocycles. The van der Waals surface area contributed by atoms with E-state index in [1.807, 2.05) is 0 Å². The van der Waals surface area contributed by atoms with Gasteiger partial charge in [-0.05, 0) is 31.1 Å². The van der Waals surface area contributed by atoms with Crippen molar-refractivity contribution in [3.05, 3.63) is 0 Å². The second kappa shape index (κ2) is 5.47. The van der Waals surface area contributed by atoms with Gasteiger partial charge in [0.05, 0.1) is 6.61 Å². The molecule has 3 N–H and O–H groups in total. The number of aliphatic hydroxyl groups is 1. The minimum Gasteiger partial charge on any atom is -0.461 e. The van der Waals surface area contributed by atoms with Crippen LogP contribution in [0, 0.1) is 11.8 Å². The second-order valence-corrected chi connectivity index (χ2v) is 4.62. The smallest absolute Gasteiger partial charge is 0.325 e. The van der Waals surface area contributed by atoms with E-state index in [9.17, 15) is 4.79 Å². The Morgan fingerprint density at radius 1 is 1.47 bits per heavy atom. The number of ether oxygens (including phenoxy) is 1. The van der Waals surface area contributed by atoms with Gasteiger partial charge in [0.25, 0.3) is 0 Å². The molecule has 1 aliphatic rings. The Balaban J connectivity index is 2.36. The van der Waals surface area contributed by atoms with Gasteiger partial charge < -0.3 is 15.6 Å². The number of aliphatic hydroxyl groups excluding tert-OH is 1. The van der Waals surface area contributed by atoms with Crippen LogP contribution in [0.25, 0.3) is 0 Å². The lowest BCUT2D eigenvalue weighted by Gasteiger charge is -2.32. The zero-order valence-corrected chi connectivity index (χ0v) is 9.48. The molecule has 1 aliphatic carbocycles. The van der Waals surface area contributed by atoms with Gasteiger partial charge in [0.15, 0.2) is 0 Å². The summed E-state index contributed by atoms with van der Waals surface area (Å²) in [6.07, 6.45) is 2.90. The van der Waals surface area contributed by atoms with Crippen LogP contribution in [0.2, 0.25) is 0 Å². The molecule has 0 spiro atoms. The molecule has 0 aliphatic heterocycles. The molecule has 1 saturated carbocycles. The highest BCUT2D eigenvalue weighted by atomic mass is 16.5. The molecule has 4 unspecified atom stereocenters. The van der Waals surface area contributed by atoms with Gasteiger partial charge in [-0.3, -0.25) is 4.79 Å². The third-order valence-electron chi connectivity index (χ3n) is 3.33. The van der Waals surface area contributed by atoms with E-state index in [0.717, 1.165) is 19.3 Å². The van der Waals surface area contributed by atoms with Crippen LogP contribution >= 0.6 is 0 Å². The number of hydrogen-bond donors (Lipinski definition) is 2. The molecule has 0 aromatic rings. The van der Waals surface area contributed by atoms with E-state index >= 15 is 0 Å². The molecule has 0 saturated heterocycles. The van der Waals surface area contributed by atoms with E-state index in [1.54, 1.807) is 0 Å². The average Bonchev–Trinajstić information content (AvgIpc) is 2.22. The van der Waals surface area contributed by atoms with Crippen molar-refractivity contribution in [2.75, 3.05) is 6.61 Å². The van der Waals surface area contributed by atoms with Gasteiger partial charge in [-0.15, -0.1) is 0 Å². The number of rotatable bonds is 3. The lowest BCUT2D eigenvalue weighted by molar-refractivity contribution is -0.154. The van der Waals surface area contributed by atoms with Crippen LogP contribution < -0.4 is 5.73 Å². The quantitative estimate of drug-likeness (QED) is 0.679. The molecule has 0 heterocycles. The van der Waals surface area contributed by atoms with Crippen LogP contribution in [0.15, 0.2) is 0 Å². The third kappa shape index (κ3) is 3.47. The first-order valence-electron chi connectivity index (χ1n) is 5.61. The maximum Gasteiger partial charge on any atom is 0.325 e. The summed E-state index contributed by atoms with van der Waals surface area (Å²) in [6.45, 7) is 4.05. The summed E-state index contributed by atoms with van der Waals surface area (Å²) in [5, 5.41) is 8.70.